The minimum absolute atomic E-state index is 0.218. The van der Waals surface area contributed by atoms with Gasteiger partial charge in [-0.15, -0.1) is 0 Å². The number of carbonyl (C=O) groups excluding carboxylic acids is 1. The number of amides is 1. The summed E-state index contributed by atoms with van der Waals surface area (Å²) in [6.45, 7) is 0.718. The highest BCUT2D eigenvalue weighted by molar-refractivity contribution is 6.42. The molecule has 0 aromatic heterocycles. The van der Waals surface area contributed by atoms with Gasteiger partial charge >= 0.3 is 0 Å². The van der Waals surface area contributed by atoms with Crippen LogP contribution in [-0.2, 0) is 4.79 Å². The molecular formula is C18H17Cl2NO3. The van der Waals surface area contributed by atoms with Crippen LogP contribution in [0, 0.1) is 0 Å². The Balaban J connectivity index is 1.77. The Labute approximate surface area is 151 Å². The van der Waals surface area contributed by atoms with Gasteiger partial charge in [-0.3, -0.25) is 4.79 Å². The molecule has 0 spiro atoms. The van der Waals surface area contributed by atoms with Crippen molar-refractivity contribution in [3.8, 4) is 11.5 Å². The van der Waals surface area contributed by atoms with Crippen LogP contribution < -0.4 is 14.8 Å². The maximum atomic E-state index is 11.8. The molecule has 4 nitrogen and oxygen atoms in total. The normalized spacial score (nSPS) is 10.6. The average Bonchev–Trinajstić information content (AvgIpc) is 2.60. The van der Waals surface area contributed by atoms with Gasteiger partial charge in [-0.2, -0.15) is 0 Å². The summed E-state index contributed by atoms with van der Waals surface area (Å²) >= 11 is 11.8. The molecule has 0 saturated heterocycles. The largest absolute Gasteiger partial charge is 0.493 e. The molecule has 1 N–H and O–H groups in total. The third-order valence-corrected chi connectivity index (χ3v) is 3.84. The lowest BCUT2D eigenvalue weighted by atomic mass is 10.2. The van der Waals surface area contributed by atoms with Crippen LogP contribution in [-0.4, -0.2) is 26.2 Å². The van der Waals surface area contributed by atoms with Crippen LogP contribution in [0.5, 0.6) is 11.5 Å². The van der Waals surface area contributed by atoms with E-state index in [4.69, 9.17) is 32.7 Å². The third-order valence-electron chi connectivity index (χ3n) is 3.10. The first-order valence-electron chi connectivity index (χ1n) is 7.27. The second kappa shape index (κ2) is 9.21. The van der Waals surface area contributed by atoms with Crippen molar-refractivity contribution in [2.45, 2.75) is 0 Å². The van der Waals surface area contributed by atoms with Crippen LogP contribution in [0.2, 0.25) is 10.0 Å². The quantitative estimate of drug-likeness (QED) is 0.590. The van der Waals surface area contributed by atoms with Gasteiger partial charge in [0, 0.05) is 6.08 Å². The average molecular weight is 366 g/mol. The Hall–Kier alpha value is -2.17. The zero-order valence-corrected chi connectivity index (χ0v) is 14.6. The molecule has 2 aromatic carbocycles. The van der Waals surface area contributed by atoms with E-state index < -0.39 is 0 Å². The number of halogens is 2. The van der Waals surface area contributed by atoms with E-state index in [0.29, 0.717) is 34.7 Å². The second-order valence-corrected chi connectivity index (χ2v) is 5.61. The predicted octanol–water partition coefficient (Wildman–Crippen LogP) is 4.21. The topological polar surface area (TPSA) is 47.6 Å². The van der Waals surface area contributed by atoms with Crippen LogP contribution in [0.15, 0.2) is 48.5 Å². The first kappa shape index (κ1) is 18.2. The van der Waals surface area contributed by atoms with Crippen LogP contribution in [0.25, 0.3) is 6.08 Å². The van der Waals surface area contributed by atoms with Crippen molar-refractivity contribution in [1.82, 2.24) is 5.32 Å². The SMILES string of the molecule is COc1ccccc1OCCNC(=O)/C=C/c1ccc(Cl)c(Cl)c1. The van der Waals surface area contributed by atoms with E-state index in [1.165, 1.54) is 6.08 Å². The van der Waals surface area contributed by atoms with Gasteiger partial charge in [0.15, 0.2) is 11.5 Å². The van der Waals surface area contributed by atoms with E-state index in [0.717, 1.165) is 5.56 Å². The number of ether oxygens (including phenoxy) is 2. The van der Waals surface area contributed by atoms with Gasteiger partial charge < -0.3 is 14.8 Å². The fourth-order valence-corrected chi connectivity index (χ4v) is 2.23. The van der Waals surface area contributed by atoms with E-state index in [1.54, 1.807) is 31.4 Å². The molecule has 0 unspecified atom stereocenters. The summed E-state index contributed by atoms with van der Waals surface area (Å²) in [7, 11) is 1.58. The number of methoxy groups -OCH3 is 1. The number of hydrogen-bond donors (Lipinski definition) is 1. The Morgan fingerprint density at radius 1 is 1.12 bits per heavy atom. The molecule has 0 aliphatic rings. The standard InChI is InChI=1S/C18H17Cl2NO3/c1-23-16-4-2-3-5-17(16)24-11-10-21-18(22)9-7-13-6-8-14(19)15(20)12-13/h2-9,12H,10-11H2,1H3,(H,21,22)/b9-7+. The Bertz CT molecular complexity index is 732. The molecule has 126 valence electrons. The van der Waals surface area contributed by atoms with Crippen molar-refractivity contribution in [3.63, 3.8) is 0 Å². The van der Waals surface area contributed by atoms with E-state index >= 15 is 0 Å². The summed E-state index contributed by atoms with van der Waals surface area (Å²) in [6, 6.07) is 12.5. The van der Waals surface area contributed by atoms with Crippen molar-refractivity contribution in [1.29, 1.82) is 0 Å². The second-order valence-electron chi connectivity index (χ2n) is 4.80. The van der Waals surface area contributed by atoms with Crippen molar-refractivity contribution in [2.75, 3.05) is 20.3 Å². The minimum Gasteiger partial charge on any atom is -0.493 e. The van der Waals surface area contributed by atoms with Gasteiger partial charge in [-0.05, 0) is 35.9 Å². The summed E-state index contributed by atoms with van der Waals surface area (Å²) in [4.78, 5) is 11.8. The van der Waals surface area contributed by atoms with Crippen LogP contribution >= 0.6 is 23.2 Å². The highest BCUT2D eigenvalue weighted by atomic mass is 35.5. The van der Waals surface area contributed by atoms with Gasteiger partial charge in [0.25, 0.3) is 0 Å². The van der Waals surface area contributed by atoms with Gasteiger partial charge in [0.05, 0.1) is 23.7 Å². The van der Waals surface area contributed by atoms with Crippen LogP contribution in [0.1, 0.15) is 5.56 Å². The molecule has 2 aromatic rings. The monoisotopic (exact) mass is 365 g/mol. The summed E-state index contributed by atoms with van der Waals surface area (Å²) in [5, 5.41) is 3.66. The van der Waals surface area contributed by atoms with Crippen molar-refractivity contribution < 1.29 is 14.3 Å². The smallest absolute Gasteiger partial charge is 0.244 e. The predicted molar refractivity (Wildman–Crippen MR) is 97.0 cm³/mol. The molecule has 0 atom stereocenters. The van der Waals surface area contributed by atoms with Gasteiger partial charge in [0.2, 0.25) is 5.91 Å². The highest BCUT2D eigenvalue weighted by Crippen LogP contribution is 2.25. The molecule has 0 aliphatic heterocycles. The van der Waals surface area contributed by atoms with Crippen molar-refractivity contribution in [3.05, 3.63) is 64.1 Å². The van der Waals surface area contributed by atoms with Crippen LogP contribution in [0.4, 0.5) is 0 Å². The number of carbonyl (C=O) groups is 1. The molecule has 24 heavy (non-hydrogen) atoms. The number of nitrogens with one attached hydrogen (secondary N) is 1. The number of benzene rings is 2. The van der Waals surface area contributed by atoms with Crippen molar-refractivity contribution in [2.24, 2.45) is 0 Å². The fourth-order valence-electron chi connectivity index (χ4n) is 1.92. The first-order valence-corrected chi connectivity index (χ1v) is 8.02. The maximum absolute atomic E-state index is 11.8. The van der Waals surface area contributed by atoms with Crippen LogP contribution in [0.3, 0.4) is 0 Å². The molecule has 6 heteroatoms. The number of hydrogen-bond acceptors (Lipinski definition) is 3. The lowest BCUT2D eigenvalue weighted by molar-refractivity contribution is -0.116. The van der Waals surface area contributed by atoms with Gasteiger partial charge in [0.1, 0.15) is 6.61 Å². The fraction of sp³-hybridized carbons (Fsp3) is 0.167. The first-order chi connectivity index (χ1) is 11.6. The highest BCUT2D eigenvalue weighted by Gasteiger charge is 2.02. The van der Waals surface area contributed by atoms with Crippen molar-refractivity contribution >= 4 is 35.2 Å². The Morgan fingerprint density at radius 2 is 1.88 bits per heavy atom. The van der Waals surface area contributed by atoms with E-state index in [2.05, 4.69) is 5.32 Å². The Kier molecular flexibility index (Phi) is 6.97. The zero-order chi connectivity index (χ0) is 17.4. The molecular weight excluding hydrogens is 349 g/mol. The molecule has 0 heterocycles. The lowest BCUT2D eigenvalue weighted by Gasteiger charge is -2.10. The molecule has 0 radical (unpaired) electrons. The van der Waals surface area contributed by atoms with E-state index in [-0.39, 0.29) is 5.91 Å². The summed E-state index contributed by atoms with van der Waals surface area (Å²) in [6.07, 6.45) is 3.10. The summed E-state index contributed by atoms with van der Waals surface area (Å²) in [5.41, 5.74) is 0.796. The van der Waals surface area contributed by atoms with Gasteiger partial charge in [-0.1, -0.05) is 41.4 Å². The summed E-state index contributed by atoms with van der Waals surface area (Å²) < 4.78 is 10.8. The number of para-hydroxylation sites is 2. The minimum atomic E-state index is -0.218. The summed E-state index contributed by atoms with van der Waals surface area (Å²) in [5.74, 6) is 1.08. The molecule has 0 saturated carbocycles. The zero-order valence-electron chi connectivity index (χ0n) is 13.1. The molecule has 2 rings (SSSR count). The van der Waals surface area contributed by atoms with E-state index in [1.807, 2.05) is 24.3 Å². The maximum Gasteiger partial charge on any atom is 0.244 e. The number of rotatable bonds is 7. The third kappa shape index (κ3) is 5.48. The van der Waals surface area contributed by atoms with E-state index in [9.17, 15) is 4.79 Å². The Morgan fingerprint density at radius 3 is 2.58 bits per heavy atom. The molecule has 0 aliphatic carbocycles. The molecule has 0 bridgehead atoms. The van der Waals surface area contributed by atoms with Gasteiger partial charge in [-0.25, -0.2) is 0 Å². The molecule has 1 amide bonds. The lowest BCUT2D eigenvalue weighted by Crippen LogP contribution is -2.26. The molecule has 0 fully saturated rings.